The van der Waals surface area contributed by atoms with Crippen molar-refractivity contribution in [2.75, 3.05) is 6.61 Å². The predicted molar refractivity (Wildman–Crippen MR) is 103 cm³/mol. The molecule has 5 atom stereocenters. The molecule has 12 heteroatoms. The fourth-order valence-electron chi connectivity index (χ4n) is 3.08. The summed E-state index contributed by atoms with van der Waals surface area (Å²) in [6.45, 7) is 1.83. The first kappa shape index (κ1) is 23.8. The lowest BCUT2D eigenvalue weighted by molar-refractivity contribution is -0.146. The van der Waals surface area contributed by atoms with Crippen LogP contribution in [0.2, 0.25) is 0 Å². The molecular formula is C18H24N2O9S. The van der Waals surface area contributed by atoms with Crippen LogP contribution in [-0.4, -0.2) is 77.7 Å². The van der Waals surface area contributed by atoms with E-state index in [1.54, 1.807) is 19.1 Å². The smallest absolute Gasteiger partial charge is 0.370 e. The van der Waals surface area contributed by atoms with Gasteiger partial charge in [0.05, 0.1) is 23.6 Å². The van der Waals surface area contributed by atoms with E-state index >= 15 is 0 Å². The third-order valence-electron chi connectivity index (χ3n) is 4.51. The van der Waals surface area contributed by atoms with E-state index < -0.39 is 64.7 Å². The topological polar surface area (TPSA) is 182 Å². The van der Waals surface area contributed by atoms with Crippen molar-refractivity contribution in [1.82, 2.24) is 10.0 Å². The molecule has 1 aromatic carbocycles. The molecule has 0 saturated carbocycles. The Bertz CT molecular complexity index is 931. The zero-order chi connectivity index (χ0) is 22.6. The number of ether oxygens (including phenoxy) is 1. The van der Waals surface area contributed by atoms with Crippen molar-refractivity contribution in [3.8, 4) is 0 Å². The summed E-state index contributed by atoms with van der Waals surface area (Å²) in [5.41, 5.74) is 0.433. The Kier molecular flexibility index (Phi) is 7.55. The molecule has 0 saturated heterocycles. The molecule has 30 heavy (non-hydrogen) atoms. The maximum Gasteiger partial charge on any atom is 0.370 e. The van der Waals surface area contributed by atoms with Crippen LogP contribution in [0.25, 0.3) is 0 Å². The highest BCUT2D eigenvalue weighted by Crippen LogP contribution is 2.25. The predicted octanol–water partition coefficient (Wildman–Crippen LogP) is -1.77. The Balaban J connectivity index is 2.51. The molecule has 1 aliphatic rings. The lowest BCUT2D eigenvalue weighted by Gasteiger charge is -2.40. The van der Waals surface area contributed by atoms with E-state index in [4.69, 9.17) is 9.84 Å². The van der Waals surface area contributed by atoms with Crippen LogP contribution in [0, 0.1) is 6.92 Å². The molecule has 0 spiro atoms. The monoisotopic (exact) mass is 444 g/mol. The number of carboxylic acids is 1. The van der Waals surface area contributed by atoms with Crippen LogP contribution >= 0.6 is 0 Å². The molecule has 1 unspecified atom stereocenters. The molecular weight excluding hydrogens is 420 g/mol. The Morgan fingerprint density at radius 1 is 1.23 bits per heavy atom. The lowest BCUT2D eigenvalue weighted by atomic mass is 9.92. The standard InChI is InChI=1S/C18H24N2O9S/c1-9-5-3-4-6-14(9)30(27,28)20-11-7-13(18(25)26)29-17(15(11)19-10(2)22)16(24)12(23)8-21/h3-7,11-12,15-17,20-21,23-24H,8H2,1-2H3,(H,19,22)(H,25,26)/t11-,12?,15+,16+,17+/m0/s1. The minimum absolute atomic E-state index is 0.0594. The van der Waals surface area contributed by atoms with Crippen molar-refractivity contribution < 1.29 is 43.2 Å². The number of carbonyl (C=O) groups excluding carboxylic acids is 1. The van der Waals surface area contributed by atoms with E-state index in [9.17, 15) is 33.3 Å². The summed E-state index contributed by atoms with van der Waals surface area (Å²) in [7, 11) is -4.17. The van der Waals surface area contributed by atoms with E-state index in [0.29, 0.717) is 5.56 Å². The highest BCUT2D eigenvalue weighted by molar-refractivity contribution is 7.89. The molecule has 166 valence electrons. The van der Waals surface area contributed by atoms with E-state index in [0.717, 1.165) is 13.0 Å². The molecule has 1 aromatic rings. The Morgan fingerprint density at radius 3 is 2.40 bits per heavy atom. The van der Waals surface area contributed by atoms with Gasteiger partial charge in [0.15, 0.2) is 0 Å². The first-order chi connectivity index (χ1) is 14.0. The van der Waals surface area contributed by atoms with Gasteiger partial charge in [0.2, 0.25) is 21.7 Å². The summed E-state index contributed by atoms with van der Waals surface area (Å²) in [5.74, 6) is -2.86. The second-order valence-electron chi connectivity index (χ2n) is 6.80. The van der Waals surface area contributed by atoms with Crippen molar-refractivity contribution in [3.63, 3.8) is 0 Å². The van der Waals surface area contributed by atoms with Crippen molar-refractivity contribution in [2.45, 2.75) is 49.1 Å². The van der Waals surface area contributed by atoms with Gasteiger partial charge in [-0.15, -0.1) is 0 Å². The molecule has 11 nitrogen and oxygen atoms in total. The van der Waals surface area contributed by atoms with E-state index in [2.05, 4.69) is 10.0 Å². The fraction of sp³-hybridized carbons (Fsp3) is 0.444. The summed E-state index contributed by atoms with van der Waals surface area (Å²) in [6, 6.07) is 3.46. The first-order valence-electron chi connectivity index (χ1n) is 8.91. The molecule has 6 N–H and O–H groups in total. The quantitative estimate of drug-likeness (QED) is 0.270. The maximum absolute atomic E-state index is 12.9. The van der Waals surface area contributed by atoms with Crippen LogP contribution in [0.1, 0.15) is 12.5 Å². The number of hydrogen-bond donors (Lipinski definition) is 6. The minimum Gasteiger partial charge on any atom is -0.478 e. The van der Waals surface area contributed by atoms with Gasteiger partial charge in [0, 0.05) is 6.92 Å². The average molecular weight is 444 g/mol. The van der Waals surface area contributed by atoms with E-state index in [1.807, 2.05) is 0 Å². The van der Waals surface area contributed by atoms with Crippen LogP contribution in [-0.2, 0) is 24.3 Å². The number of sulfonamides is 1. The lowest BCUT2D eigenvalue weighted by Crippen LogP contribution is -2.63. The van der Waals surface area contributed by atoms with Gasteiger partial charge < -0.3 is 30.5 Å². The van der Waals surface area contributed by atoms with Crippen molar-refractivity contribution >= 4 is 21.9 Å². The Labute approximate surface area is 173 Å². The molecule has 0 aromatic heterocycles. The normalized spacial score (nSPS) is 23.6. The first-order valence-corrected chi connectivity index (χ1v) is 10.4. The van der Waals surface area contributed by atoms with Gasteiger partial charge in [-0.25, -0.2) is 17.9 Å². The highest BCUT2D eigenvalue weighted by Gasteiger charge is 2.44. The van der Waals surface area contributed by atoms with Gasteiger partial charge in [-0.1, -0.05) is 18.2 Å². The number of rotatable bonds is 8. The summed E-state index contributed by atoms with van der Waals surface area (Å²) >= 11 is 0. The van der Waals surface area contributed by atoms with Gasteiger partial charge in [-0.3, -0.25) is 4.79 Å². The Morgan fingerprint density at radius 2 is 1.87 bits per heavy atom. The summed E-state index contributed by atoms with van der Waals surface area (Å²) in [4.78, 5) is 23.1. The number of hydrogen-bond acceptors (Lipinski definition) is 8. The van der Waals surface area contributed by atoms with Gasteiger partial charge >= 0.3 is 5.97 Å². The Hall–Kier alpha value is -2.51. The van der Waals surface area contributed by atoms with E-state index in [-0.39, 0.29) is 4.90 Å². The van der Waals surface area contributed by atoms with Crippen molar-refractivity contribution in [1.29, 1.82) is 0 Å². The fourth-order valence-corrected chi connectivity index (χ4v) is 4.53. The van der Waals surface area contributed by atoms with E-state index in [1.165, 1.54) is 12.1 Å². The van der Waals surface area contributed by atoms with Gasteiger partial charge in [-0.05, 0) is 24.6 Å². The number of carbonyl (C=O) groups is 2. The molecule has 0 fully saturated rings. The number of amides is 1. The van der Waals surface area contributed by atoms with Crippen LogP contribution in [0.15, 0.2) is 41.0 Å². The van der Waals surface area contributed by atoms with Crippen LogP contribution in [0.5, 0.6) is 0 Å². The molecule has 0 bridgehead atoms. The number of aliphatic hydroxyl groups excluding tert-OH is 3. The summed E-state index contributed by atoms with van der Waals surface area (Å²) in [5, 5.41) is 41.0. The highest BCUT2D eigenvalue weighted by atomic mass is 32.2. The number of aliphatic hydroxyl groups is 3. The average Bonchev–Trinajstić information content (AvgIpc) is 2.67. The number of nitrogens with one attached hydrogen (secondary N) is 2. The molecule has 0 aliphatic carbocycles. The van der Waals surface area contributed by atoms with Crippen molar-refractivity contribution in [2.24, 2.45) is 0 Å². The number of aliphatic carboxylic acids is 1. The number of benzene rings is 1. The SMILES string of the molecule is CC(=O)N[C@H]1[C@H]([C@H](O)C(O)CO)OC(C(=O)O)=C[C@@H]1NS(=O)(=O)c1ccccc1C. The molecule has 1 amide bonds. The summed E-state index contributed by atoms with van der Waals surface area (Å²) in [6.07, 6.45) is -4.18. The van der Waals surface area contributed by atoms with Gasteiger partial charge in [0.25, 0.3) is 0 Å². The van der Waals surface area contributed by atoms with Crippen LogP contribution in [0.4, 0.5) is 0 Å². The molecule has 0 radical (unpaired) electrons. The number of carboxylic acid groups (broad SMARTS) is 1. The van der Waals surface area contributed by atoms with Gasteiger partial charge in [0.1, 0.15) is 18.3 Å². The van der Waals surface area contributed by atoms with Crippen LogP contribution in [0.3, 0.4) is 0 Å². The second kappa shape index (κ2) is 9.53. The largest absolute Gasteiger partial charge is 0.478 e. The molecule has 1 aliphatic heterocycles. The van der Waals surface area contributed by atoms with Gasteiger partial charge in [-0.2, -0.15) is 0 Å². The minimum atomic E-state index is -4.17. The zero-order valence-corrected chi connectivity index (χ0v) is 17.0. The molecule has 2 rings (SSSR count). The van der Waals surface area contributed by atoms with Crippen molar-refractivity contribution in [3.05, 3.63) is 41.7 Å². The maximum atomic E-state index is 12.9. The van der Waals surface area contributed by atoms with Crippen LogP contribution < -0.4 is 10.0 Å². The summed E-state index contributed by atoms with van der Waals surface area (Å²) < 4.78 is 33.3. The zero-order valence-electron chi connectivity index (χ0n) is 16.2. The third kappa shape index (κ3) is 5.34. The second-order valence-corrected chi connectivity index (χ2v) is 8.48. The number of aryl methyl sites for hydroxylation is 1. The third-order valence-corrected chi connectivity index (χ3v) is 6.13. The molecule has 1 heterocycles.